The molecule has 1 amide bonds. The topological polar surface area (TPSA) is 65.7 Å². The largest absolute Gasteiger partial charge is 0.467 e. The Labute approximate surface area is 132 Å². The predicted octanol–water partition coefficient (Wildman–Crippen LogP) is 2.19. The average molecular weight is 308 g/mol. The Hall–Kier alpha value is -1.33. The predicted molar refractivity (Wildman–Crippen MR) is 85.3 cm³/mol. The highest BCUT2D eigenvalue weighted by molar-refractivity contribution is 5.79. The number of hydrogen-bond acceptors (Lipinski definition) is 4. The number of rotatable bonds is 7. The monoisotopic (exact) mass is 308 g/mol. The molecule has 2 N–H and O–H groups in total. The van der Waals surface area contributed by atoms with E-state index >= 15 is 0 Å². The van der Waals surface area contributed by atoms with Gasteiger partial charge in [-0.25, -0.2) is 0 Å². The number of nitrogens with zero attached hydrogens (tertiary/aromatic N) is 1. The molecule has 124 valence electrons. The van der Waals surface area contributed by atoms with Crippen molar-refractivity contribution in [2.24, 2.45) is 11.8 Å². The van der Waals surface area contributed by atoms with Crippen molar-refractivity contribution in [2.75, 3.05) is 19.6 Å². The molecule has 3 unspecified atom stereocenters. The smallest absolute Gasteiger partial charge is 0.224 e. The average Bonchev–Trinajstić information content (AvgIpc) is 3.08. The number of furan rings is 1. The molecule has 1 aliphatic rings. The van der Waals surface area contributed by atoms with Crippen LogP contribution in [0.25, 0.3) is 0 Å². The fourth-order valence-electron chi connectivity index (χ4n) is 3.08. The van der Waals surface area contributed by atoms with Gasteiger partial charge in [0.1, 0.15) is 11.9 Å². The highest BCUT2D eigenvalue weighted by Gasteiger charge is 2.29. The summed E-state index contributed by atoms with van der Waals surface area (Å²) in [6.07, 6.45) is 2.25. The van der Waals surface area contributed by atoms with Gasteiger partial charge in [0.2, 0.25) is 5.91 Å². The molecule has 1 aromatic rings. The lowest BCUT2D eigenvalue weighted by Crippen LogP contribution is -2.39. The van der Waals surface area contributed by atoms with Gasteiger partial charge in [0.25, 0.3) is 0 Å². The first kappa shape index (κ1) is 17.0. The lowest BCUT2D eigenvalue weighted by atomic mass is 10.1. The van der Waals surface area contributed by atoms with E-state index in [1.807, 2.05) is 6.92 Å². The molecule has 0 aliphatic carbocycles. The SMILES string of the molecule is CC(C)CN1CCC(C(=O)NC(C)CC(O)c2ccco2)C1. The molecule has 2 heterocycles. The maximum atomic E-state index is 12.3. The lowest BCUT2D eigenvalue weighted by molar-refractivity contribution is -0.125. The number of nitrogens with one attached hydrogen (secondary N) is 1. The maximum absolute atomic E-state index is 12.3. The summed E-state index contributed by atoms with van der Waals surface area (Å²) in [5, 5.41) is 13.1. The third-order valence-corrected chi connectivity index (χ3v) is 4.10. The van der Waals surface area contributed by atoms with Crippen molar-refractivity contribution in [3.63, 3.8) is 0 Å². The minimum atomic E-state index is -0.675. The van der Waals surface area contributed by atoms with Gasteiger partial charge in [-0.15, -0.1) is 0 Å². The second kappa shape index (κ2) is 7.79. The summed E-state index contributed by atoms with van der Waals surface area (Å²) < 4.78 is 5.18. The first-order valence-corrected chi connectivity index (χ1v) is 8.20. The third-order valence-electron chi connectivity index (χ3n) is 4.10. The van der Waals surface area contributed by atoms with Gasteiger partial charge in [-0.05, 0) is 37.9 Å². The van der Waals surface area contributed by atoms with E-state index in [-0.39, 0.29) is 17.9 Å². The van der Waals surface area contributed by atoms with Crippen LogP contribution >= 0.6 is 0 Å². The molecular weight excluding hydrogens is 280 g/mol. The Morgan fingerprint density at radius 1 is 1.50 bits per heavy atom. The van der Waals surface area contributed by atoms with Crippen molar-refractivity contribution in [3.8, 4) is 0 Å². The van der Waals surface area contributed by atoms with E-state index in [1.165, 1.54) is 0 Å². The Bertz CT molecular complexity index is 458. The van der Waals surface area contributed by atoms with Gasteiger partial charge < -0.3 is 19.7 Å². The van der Waals surface area contributed by atoms with Gasteiger partial charge in [0.15, 0.2) is 0 Å². The van der Waals surface area contributed by atoms with Crippen LogP contribution in [0.2, 0.25) is 0 Å². The zero-order valence-electron chi connectivity index (χ0n) is 13.8. The molecule has 1 saturated heterocycles. The highest BCUT2D eigenvalue weighted by Crippen LogP contribution is 2.20. The van der Waals surface area contributed by atoms with E-state index in [9.17, 15) is 9.90 Å². The van der Waals surface area contributed by atoms with E-state index in [0.717, 1.165) is 26.1 Å². The van der Waals surface area contributed by atoms with E-state index in [0.29, 0.717) is 18.1 Å². The number of amides is 1. The molecule has 0 aromatic carbocycles. The molecule has 2 rings (SSSR count). The van der Waals surface area contributed by atoms with Crippen LogP contribution in [0.4, 0.5) is 0 Å². The summed E-state index contributed by atoms with van der Waals surface area (Å²) in [6.45, 7) is 9.22. The summed E-state index contributed by atoms with van der Waals surface area (Å²) in [7, 11) is 0. The standard InChI is InChI=1S/C17H28N2O3/c1-12(2)10-19-7-6-14(11-19)17(21)18-13(3)9-15(20)16-5-4-8-22-16/h4-5,8,12-15,20H,6-7,9-11H2,1-3H3,(H,18,21). The zero-order chi connectivity index (χ0) is 16.1. The molecule has 5 heteroatoms. The van der Waals surface area contributed by atoms with E-state index in [2.05, 4.69) is 24.1 Å². The highest BCUT2D eigenvalue weighted by atomic mass is 16.4. The van der Waals surface area contributed by atoms with Crippen LogP contribution in [-0.2, 0) is 4.79 Å². The van der Waals surface area contributed by atoms with E-state index < -0.39 is 6.10 Å². The molecule has 3 atom stereocenters. The number of carbonyl (C=O) groups excluding carboxylic acids is 1. The van der Waals surface area contributed by atoms with Crippen LogP contribution in [-0.4, -0.2) is 41.6 Å². The first-order chi connectivity index (χ1) is 10.5. The first-order valence-electron chi connectivity index (χ1n) is 8.20. The Balaban J connectivity index is 1.75. The van der Waals surface area contributed by atoms with Gasteiger partial charge in [0, 0.05) is 25.6 Å². The lowest BCUT2D eigenvalue weighted by Gasteiger charge is -2.20. The van der Waals surface area contributed by atoms with Crippen LogP contribution < -0.4 is 5.32 Å². The molecule has 5 nitrogen and oxygen atoms in total. The van der Waals surface area contributed by atoms with Crippen LogP contribution in [0.15, 0.2) is 22.8 Å². The normalized spacial score (nSPS) is 22.0. The summed E-state index contributed by atoms with van der Waals surface area (Å²) in [6, 6.07) is 3.43. The number of carbonyl (C=O) groups is 1. The summed E-state index contributed by atoms with van der Waals surface area (Å²) in [5.74, 6) is 1.35. The fraction of sp³-hybridized carbons (Fsp3) is 0.706. The van der Waals surface area contributed by atoms with Crippen LogP contribution in [0.3, 0.4) is 0 Å². The molecule has 0 saturated carbocycles. The molecule has 1 aliphatic heterocycles. The summed E-state index contributed by atoms with van der Waals surface area (Å²) >= 11 is 0. The van der Waals surface area contributed by atoms with Crippen LogP contribution in [0, 0.1) is 11.8 Å². The Morgan fingerprint density at radius 2 is 2.27 bits per heavy atom. The molecule has 0 bridgehead atoms. The van der Waals surface area contributed by atoms with Crippen molar-refractivity contribution >= 4 is 5.91 Å². The maximum Gasteiger partial charge on any atom is 0.224 e. The van der Waals surface area contributed by atoms with E-state index in [4.69, 9.17) is 4.42 Å². The molecule has 1 aromatic heterocycles. The molecule has 0 spiro atoms. The number of aliphatic hydroxyl groups excluding tert-OH is 1. The van der Waals surface area contributed by atoms with Crippen LogP contribution in [0.1, 0.15) is 45.5 Å². The van der Waals surface area contributed by atoms with Gasteiger partial charge in [-0.1, -0.05) is 13.8 Å². The van der Waals surface area contributed by atoms with E-state index in [1.54, 1.807) is 18.4 Å². The third kappa shape index (κ3) is 4.85. The quantitative estimate of drug-likeness (QED) is 0.810. The van der Waals surface area contributed by atoms with Gasteiger partial charge >= 0.3 is 0 Å². The van der Waals surface area contributed by atoms with Gasteiger partial charge in [-0.3, -0.25) is 4.79 Å². The Morgan fingerprint density at radius 3 is 2.91 bits per heavy atom. The zero-order valence-corrected chi connectivity index (χ0v) is 13.8. The second-order valence-electron chi connectivity index (χ2n) is 6.82. The number of aliphatic hydroxyl groups is 1. The number of likely N-dealkylation sites (tertiary alicyclic amines) is 1. The summed E-state index contributed by atoms with van der Waals surface area (Å²) in [5.41, 5.74) is 0. The molecular formula is C17H28N2O3. The molecule has 1 fully saturated rings. The van der Waals surface area contributed by atoms with Crippen molar-refractivity contribution < 1.29 is 14.3 Å². The van der Waals surface area contributed by atoms with Crippen molar-refractivity contribution in [2.45, 2.75) is 45.8 Å². The van der Waals surface area contributed by atoms with Gasteiger partial charge in [0.05, 0.1) is 12.2 Å². The summed E-state index contributed by atoms with van der Waals surface area (Å²) in [4.78, 5) is 14.7. The fourth-order valence-corrected chi connectivity index (χ4v) is 3.08. The number of hydrogen-bond donors (Lipinski definition) is 2. The second-order valence-corrected chi connectivity index (χ2v) is 6.82. The van der Waals surface area contributed by atoms with Crippen LogP contribution in [0.5, 0.6) is 0 Å². The van der Waals surface area contributed by atoms with Crippen molar-refractivity contribution in [1.29, 1.82) is 0 Å². The van der Waals surface area contributed by atoms with Gasteiger partial charge in [-0.2, -0.15) is 0 Å². The minimum absolute atomic E-state index is 0.0713. The van der Waals surface area contributed by atoms with Crippen molar-refractivity contribution in [1.82, 2.24) is 10.2 Å². The van der Waals surface area contributed by atoms with Crippen molar-refractivity contribution in [3.05, 3.63) is 24.2 Å². The molecule has 0 radical (unpaired) electrons. The Kier molecular flexibility index (Phi) is 6.03. The minimum Gasteiger partial charge on any atom is -0.467 e. The molecule has 22 heavy (non-hydrogen) atoms.